The van der Waals surface area contributed by atoms with Gasteiger partial charge in [0.2, 0.25) is 0 Å². The van der Waals surface area contributed by atoms with E-state index in [2.05, 4.69) is 0 Å². The second kappa shape index (κ2) is 4.84. The zero-order valence-corrected chi connectivity index (χ0v) is 9.74. The molecule has 1 aromatic heterocycles. The van der Waals surface area contributed by atoms with E-state index in [4.69, 9.17) is 5.73 Å². The number of alkyl halides is 2. The molecule has 2 N–H and O–H groups in total. The Morgan fingerprint density at radius 1 is 1.29 bits per heavy atom. The molecule has 0 fully saturated rings. The van der Waals surface area contributed by atoms with Crippen LogP contribution in [0.5, 0.6) is 0 Å². The molecular weight excluding hydrogens is 222 g/mol. The summed E-state index contributed by atoms with van der Waals surface area (Å²) in [4.78, 5) is 0. The number of hydrogen-bond donors (Lipinski definition) is 1. The summed E-state index contributed by atoms with van der Waals surface area (Å²) < 4.78 is 26.7. The predicted octanol–water partition coefficient (Wildman–Crippen LogP) is 3.32. The summed E-state index contributed by atoms with van der Waals surface area (Å²) in [6.07, 6.45) is 3.00. The quantitative estimate of drug-likeness (QED) is 0.870. The number of para-hydroxylation sites is 1. The van der Waals surface area contributed by atoms with Gasteiger partial charge in [-0.1, -0.05) is 25.1 Å². The lowest BCUT2D eigenvalue weighted by Crippen LogP contribution is -2.21. The van der Waals surface area contributed by atoms with Gasteiger partial charge in [0.05, 0.1) is 5.52 Å². The Labute approximate surface area is 99.0 Å². The van der Waals surface area contributed by atoms with E-state index in [9.17, 15) is 8.78 Å². The van der Waals surface area contributed by atoms with E-state index in [1.54, 1.807) is 12.1 Å². The van der Waals surface area contributed by atoms with Crippen LogP contribution in [0, 0.1) is 0 Å². The van der Waals surface area contributed by atoms with Crippen molar-refractivity contribution in [2.75, 3.05) is 0 Å². The van der Waals surface area contributed by atoms with Crippen molar-refractivity contribution < 1.29 is 8.78 Å². The monoisotopic (exact) mass is 238 g/mol. The number of rotatable bonds is 4. The molecule has 0 bridgehead atoms. The van der Waals surface area contributed by atoms with E-state index in [1.807, 2.05) is 19.1 Å². The average Bonchev–Trinajstić information content (AvgIpc) is 2.68. The Bertz CT molecular complexity index is 505. The maximum absolute atomic E-state index is 12.9. The molecule has 1 aromatic carbocycles. The molecule has 0 amide bonds. The van der Waals surface area contributed by atoms with Crippen molar-refractivity contribution in [3.05, 3.63) is 36.0 Å². The Balaban J connectivity index is 2.49. The van der Waals surface area contributed by atoms with E-state index in [0.717, 1.165) is 21.9 Å². The van der Waals surface area contributed by atoms with Gasteiger partial charge in [0.1, 0.15) is 0 Å². The maximum Gasteiger partial charge on any atom is 0.319 e. The van der Waals surface area contributed by atoms with Crippen LogP contribution >= 0.6 is 0 Å². The number of halogens is 2. The topological polar surface area (TPSA) is 30.9 Å². The minimum Gasteiger partial charge on any atom is -0.327 e. The summed E-state index contributed by atoms with van der Waals surface area (Å²) in [6, 6.07) is 7.23. The van der Waals surface area contributed by atoms with Crippen molar-refractivity contribution in [1.29, 1.82) is 0 Å². The predicted molar refractivity (Wildman–Crippen MR) is 65.2 cm³/mol. The second-order valence-electron chi connectivity index (χ2n) is 4.23. The molecule has 1 atom stereocenters. The lowest BCUT2D eigenvalue weighted by atomic mass is 10.0. The van der Waals surface area contributed by atoms with Crippen LogP contribution in [-0.2, 0) is 6.42 Å². The summed E-state index contributed by atoms with van der Waals surface area (Å²) in [5, 5.41) is 0.872. The first-order valence-corrected chi connectivity index (χ1v) is 5.75. The van der Waals surface area contributed by atoms with Gasteiger partial charge < -0.3 is 5.73 Å². The second-order valence-corrected chi connectivity index (χ2v) is 4.23. The summed E-state index contributed by atoms with van der Waals surface area (Å²) in [6.45, 7) is -0.511. The highest BCUT2D eigenvalue weighted by atomic mass is 19.3. The fourth-order valence-corrected chi connectivity index (χ4v) is 2.03. The molecule has 17 heavy (non-hydrogen) atoms. The molecule has 0 saturated carbocycles. The first kappa shape index (κ1) is 12.0. The molecule has 2 nitrogen and oxygen atoms in total. The van der Waals surface area contributed by atoms with Crippen LogP contribution in [0.3, 0.4) is 0 Å². The van der Waals surface area contributed by atoms with E-state index >= 15 is 0 Å². The maximum atomic E-state index is 12.9. The Hall–Kier alpha value is -1.42. The zero-order chi connectivity index (χ0) is 12.4. The number of nitrogens with zero attached hydrogens (tertiary/aromatic N) is 1. The van der Waals surface area contributed by atoms with Crippen molar-refractivity contribution in [1.82, 2.24) is 4.57 Å². The highest BCUT2D eigenvalue weighted by Crippen LogP contribution is 2.26. The molecular formula is C13H16F2N2. The molecule has 0 aliphatic carbocycles. The SMILES string of the molecule is CCC(N)Cc1cn(C(F)F)c2ccccc12. The van der Waals surface area contributed by atoms with Gasteiger partial charge in [-0.2, -0.15) is 8.78 Å². The molecule has 0 radical (unpaired) electrons. The molecule has 2 rings (SSSR count). The van der Waals surface area contributed by atoms with E-state index in [-0.39, 0.29) is 6.04 Å². The Morgan fingerprint density at radius 3 is 2.65 bits per heavy atom. The Morgan fingerprint density at radius 2 is 2.00 bits per heavy atom. The summed E-state index contributed by atoms with van der Waals surface area (Å²) in [7, 11) is 0. The zero-order valence-electron chi connectivity index (χ0n) is 9.74. The van der Waals surface area contributed by atoms with Crippen LogP contribution < -0.4 is 5.73 Å². The van der Waals surface area contributed by atoms with Crippen LogP contribution in [0.4, 0.5) is 8.78 Å². The van der Waals surface area contributed by atoms with Crippen molar-refractivity contribution in [2.45, 2.75) is 32.4 Å². The molecule has 0 spiro atoms. The molecule has 2 aromatic rings. The largest absolute Gasteiger partial charge is 0.327 e. The Kier molecular flexibility index (Phi) is 3.43. The van der Waals surface area contributed by atoms with Crippen molar-refractivity contribution >= 4 is 10.9 Å². The van der Waals surface area contributed by atoms with Crippen LogP contribution in [-0.4, -0.2) is 10.6 Å². The highest BCUT2D eigenvalue weighted by Gasteiger charge is 2.15. The third-order valence-corrected chi connectivity index (χ3v) is 3.04. The van der Waals surface area contributed by atoms with Gasteiger partial charge >= 0.3 is 6.55 Å². The standard InChI is InChI=1S/C13H16F2N2/c1-2-10(16)7-9-8-17(13(14)15)12-6-4-3-5-11(9)12/h3-6,8,10,13H,2,7,16H2,1H3. The van der Waals surface area contributed by atoms with E-state index in [0.29, 0.717) is 11.9 Å². The number of hydrogen-bond acceptors (Lipinski definition) is 1. The minimum absolute atomic E-state index is 0.0203. The summed E-state index contributed by atoms with van der Waals surface area (Å²) in [5.41, 5.74) is 7.35. The number of aromatic nitrogens is 1. The highest BCUT2D eigenvalue weighted by molar-refractivity contribution is 5.84. The van der Waals surface area contributed by atoms with Crippen LogP contribution in [0.1, 0.15) is 25.5 Å². The molecule has 4 heteroatoms. The summed E-state index contributed by atoms with van der Waals surface area (Å²) >= 11 is 0. The molecule has 1 heterocycles. The molecule has 0 saturated heterocycles. The fourth-order valence-electron chi connectivity index (χ4n) is 2.03. The average molecular weight is 238 g/mol. The van der Waals surface area contributed by atoms with Gasteiger partial charge in [0, 0.05) is 17.6 Å². The molecule has 0 aliphatic heterocycles. The van der Waals surface area contributed by atoms with Gasteiger partial charge in [0.25, 0.3) is 0 Å². The van der Waals surface area contributed by atoms with Crippen molar-refractivity contribution in [3.8, 4) is 0 Å². The lowest BCUT2D eigenvalue weighted by molar-refractivity contribution is 0.0750. The third kappa shape index (κ3) is 2.31. The van der Waals surface area contributed by atoms with Gasteiger partial charge in [-0.15, -0.1) is 0 Å². The minimum atomic E-state index is -2.51. The van der Waals surface area contributed by atoms with Gasteiger partial charge in [-0.3, -0.25) is 4.57 Å². The fraction of sp³-hybridized carbons (Fsp3) is 0.385. The third-order valence-electron chi connectivity index (χ3n) is 3.04. The van der Waals surface area contributed by atoms with Crippen LogP contribution in [0.25, 0.3) is 10.9 Å². The molecule has 92 valence electrons. The number of fused-ring (bicyclic) bond motifs is 1. The first-order chi connectivity index (χ1) is 8.13. The van der Waals surface area contributed by atoms with Crippen molar-refractivity contribution in [2.24, 2.45) is 5.73 Å². The lowest BCUT2D eigenvalue weighted by Gasteiger charge is -2.06. The van der Waals surface area contributed by atoms with Gasteiger partial charge in [0.15, 0.2) is 0 Å². The molecule has 1 unspecified atom stereocenters. The normalized spacial score (nSPS) is 13.5. The smallest absolute Gasteiger partial charge is 0.319 e. The van der Waals surface area contributed by atoms with Crippen LogP contribution in [0.15, 0.2) is 30.5 Å². The first-order valence-electron chi connectivity index (χ1n) is 5.75. The number of nitrogens with two attached hydrogens (primary N) is 1. The van der Waals surface area contributed by atoms with Crippen LogP contribution in [0.2, 0.25) is 0 Å². The van der Waals surface area contributed by atoms with Crippen molar-refractivity contribution in [3.63, 3.8) is 0 Å². The van der Waals surface area contributed by atoms with Gasteiger partial charge in [-0.25, -0.2) is 0 Å². The van der Waals surface area contributed by atoms with E-state index in [1.165, 1.54) is 6.20 Å². The summed E-state index contributed by atoms with van der Waals surface area (Å²) in [5.74, 6) is 0. The van der Waals surface area contributed by atoms with Gasteiger partial charge in [-0.05, 0) is 24.5 Å². The molecule has 0 aliphatic rings. The number of benzene rings is 1. The van der Waals surface area contributed by atoms with E-state index < -0.39 is 6.55 Å².